The van der Waals surface area contributed by atoms with Crippen LogP contribution in [0.1, 0.15) is 101 Å². The molecule has 2 fully saturated rings. The van der Waals surface area contributed by atoms with Crippen molar-refractivity contribution in [3.63, 3.8) is 0 Å². The number of pyridine rings is 2. The van der Waals surface area contributed by atoms with Gasteiger partial charge in [0.15, 0.2) is 11.3 Å². The summed E-state index contributed by atoms with van der Waals surface area (Å²) >= 11 is 0. The van der Waals surface area contributed by atoms with Gasteiger partial charge in [0, 0.05) is 86.8 Å². The number of nitrogens with one attached hydrogen (secondary N) is 6. The molecule has 2 unspecified atom stereocenters. The summed E-state index contributed by atoms with van der Waals surface area (Å²) in [7, 11) is 0. The normalized spacial score (nSPS) is 18.1. The second-order valence-electron chi connectivity index (χ2n) is 17.9. The minimum absolute atomic E-state index is 0.0721. The van der Waals surface area contributed by atoms with Crippen LogP contribution >= 0.6 is 0 Å². The smallest absolute Gasteiger partial charge is 0.255 e. The zero-order valence-corrected chi connectivity index (χ0v) is 39.5. The number of aromatic nitrogens is 8. The molecule has 2 amide bonds. The number of hydrogen-bond donors (Lipinski definition) is 8. The number of rotatable bonds is 16. The molecule has 4 atom stereocenters. The number of halogens is 6. The van der Waals surface area contributed by atoms with E-state index in [9.17, 15) is 46.1 Å². The summed E-state index contributed by atoms with van der Waals surface area (Å²) in [5.74, 6) is -5.21. The summed E-state index contributed by atoms with van der Waals surface area (Å²) in [4.78, 5) is 42.8. The fourth-order valence-corrected chi connectivity index (χ4v) is 7.32. The lowest BCUT2D eigenvalue weighted by atomic mass is 10.0. The number of carbonyl (C=O) groups excluding carboxylic acids is 2. The van der Waals surface area contributed by atoms with E-state index in [0.29, 0.717) is 34.6 Å². The van der Waals surface area contributed by atoms with E-state index in [1.54, 1.807) is 58.1 Å². The number of hydrogen-bond acceptors (Lipinski definition) is 14. The quantitative estimate of drug-likeness (QED) is 0.0436. The van der Waals surface area contributed by atoms with Crippen molar-refractivity contribution >= 4 is 57.8 Å². The van der Waals surface area contributed by atoms with Crippen molar-refractivity contribution in [1.29, 1.82) is 0 Å². The maximum Gasteiger partial charge on any atom is 0.255 e. The molecule has 6 aromatic rings. The summed E-state index contributed by atoms with van der Waals surface area (Å²) < 4.78 is 86.2. The number of fused-ring (bicyclic) bond motifs is 2. The van der Waals surface area contributed by atoms with Gasteiger partial charge < -0.3 is 42.1 Å². The molecular formula is C46H58F6N14O4. The van der Waals surface area contributed by atoms with Crippen molar-refractivity contribution < 1.29 is 46.1 Å². The van der Waals surface area contributed by atoms with Crippen LogP contribution in [0.5, 0.6) is 0 Å². The molecule has 2 aliphatic rings. The van der Waals surface area contributed by atoms with Crippen LogP contribution in [0.25, 0.3) is 11.3 Å². The van der Waals surface area contributed by atoms with E-state index in [-0.39, 0.29) is 61.0 Å². The summed E-state index contributed by atoms with van der Waals surface area (Å²) in [6.45, 7) is 8.36. The van der Waals surface area contributed by atoms with Gasteiger partial charge in [0.05, 0.1) is 59.2 Å². The number of carbonyl (C=O) groups is 2. The minimum Gasteiger partial charge on any atom is -0.387 e. The van der Waals surface area contributed by atoms with Crippen molar-refractivity contribution in [3.8, 4) is 0 Å². The van der Waals surface area contributed by atoms with Gasteiger partial charge in [0.2, 0.25) is 11.8 Å². The van der Waals surface area contributed by atoms with Gasteiger partial charge in [-0.1, -0.05) is 13.8 Å². The zero-order chi connectivity index (χ0) is 51.0. The van der Waals surface area contributed by atoms with E-state index in [2.05, 4.69) is 62.0 Å². The van der Waals surface area contributed by atoms with Gasteiger partial charge in [0.25, 0.3) is 11.8 Å². The van der Waals surface area contributed by atoms with Crippen molar-refractivity contribution in [3.05, 3.63) is 84.7 Å². The molecule has 378 valence electrons. The van der Waals surface area contributed by atoms with Crippen LogP contribution < -0.4 is 31.9 Å². The Balaban J connectivity index is 0.000000222. The van der Waals surface area contributed by atoms with Gasteiger partial charge in [0.1, 0.15) is 35.6 Å². The molecule has 8 N–H and O–H groups in total. The molecule has 2 saturated carbocycles. The first-order valence-electron chi connectivity index (χ1n) is 22.7. The summed E-state index contributed by atoms with van der Waals surface area (Å²) in [5, 5.41) is 44.6. The number of aliphatic hydroxyl groups is 2. The van der Waals surface area contributed by atoms with Crippen LogP contribution in [0, 0.1) is 0 Å². The molecule has 24 heteroatoms. The molecule has 6 aromatic heterocycles. The first-order valence-corrected chi connectivity index (χ1v) is 22.7. The average Bonchev–Trinajstić information content (AvgIpc) is 4.11. The highest BCUT2D eigenvalue weighted by molar-refractivity contribution is 6.00. The molecule has 0 spiro atoms. The largest absolute Gasteiger partial charge is 0.387 e. The monoisotopic (exact) mass is 984 g/mol. The third-order valence-corrected chi connectivity index (χ3v) is 11.3. The van der Waals surface area contributed by atoms with Crippen molar-refractivity contribution in [2.45, 2.75) is 128 Å². The highest BCUT2D eigenvalue weighted by Gasteiger charge is 2.41. The molecule has 18 nitrogen and oxygen atoms in total. The minimum atomic E-state index is -2.77. The van der Waals surface area contributed by atoms with Crippen molar-refractivity contribution in [2.24, 2.45) is 0 Å². The molecule has 0 aliphatic heterocycles. The highest BCUT2D eigenvalue weighted by Crippen LogP contribution is 2.38. The zero-order valence-electron chi connectivity index (χ0n) is 39.5. The molecule has 8 rings (SSSR count). The van der Waals surface area contributed by atoms with E-state index < -0.39 is 72.4 Å². The lowest BCUT2D eigenvalue weighted by Crippen LogP contribution is -2.42. The molecule has 70 heavy (non-hydrogen) atoms. The Hall–Kier alpha value is -6.82. The van der Waals surface area contributed by atoms with Gasteiger partial charge in [-0.2, -0.15) is 10.2 Å². The van der Waals surface area contributed by atoms with Crippen molar-refractivity contribution in [1.82, 2.24) is 49.8 Å². The fourth-order valence-electron chi connectivity index (χ4n) is 7.32. The lowest BCUT2D eigenvalue weighted by Gasteiger charge is -2.23. The Bertz CT molecular complexity index is 2540. The van der Waals surface area contributed by atoms with Crippen LogP contribution in [0.3, 0.4) is 0 Å². The second kappa shape index (κ2) is 21.9. The molecule has 0 aromatic carbocycles. The van der Waals surface area contributed by atoms with Gasteiger partial charge in [-0.05, 0) is 52.7 Å². The number of anilines is 6. The second-order valence-corrected chi connectivity index (χ2v) is 17.9. The van der Waals surface area contributed by atoms with Gasteiger partial charge >= 0.3 is 0 Å². The van der Waals surface area contributed by atoms with Crippen LogP contribution in [-0.2, 0) is 0 Å². The molecule has 6 heterocycles. The maximum atomic E-state index is 14.1. The summed E-state index contributed by atoms with van der Waals surface area (Å²) in [6.07, 6.45) is 5.09. The predicted molar refractivity (Wildman–Crippen MR) is 252 cm³/mol. The SMILES string of the molecule is CC.CC(C)(O)[C@H](F)CNC(=O)c1cnc(Nc2ccn3nccc3n2)cc1NC1CCC(F)(F)C1.CC(C)(O)[C@H](F)CNC(=O)c1cnc(Nc2ccn3nccc3n2)cc1NC1CCC(F)(F)C1. The van der Waals surface area contributed by atoms with E-state index >= 15 is 0 Å². The standard InChI is InChI=1S/2C22H26F3N7O2.C2H6/c2*1-21(2,34)16(23)12-27-20(33)14-11-26-18(9-15(14)29-13-3-6-22(24,25)10-13)30-17-5-8-32-19(31-17)4-7-28-32;1-2/h2*4-5,7-9,11,13,16,34H,3,6,10,12H2,1-2H3,(H,27,33)(H2,26,29,30,31);1-2H3/t2*13?,16-;/m11./s1. The van der Waals surface area contributed by atoms with E-state index in [1.807, 2.05) is 13.8 Å². The predicted octanol–water partition coefficient (Wildman–Crippen LogP) is 7.64. The molecule has 2 aliphatic carbocycles. The Morgan fingerprint density at radius 2 is 1.06 bits per heavy atom. The molecule has 0 bridgehead atoms. The summed E-state index contributed by atoms with van der Waals surface area (Å²) in [6, 6.07) is 8.80. The summed E-state index contributed by atoms with van der Waals surface area (Å²) in [5.41, 5.74) is -1.33. The Morgan fingerprint density at radius 3 is 1.40 bits per heavy atom. The fraction of sp³-hybridized carbons (Fsp3) is 0.478. The number of amides is 2. The first-order chi connectivity index (χ1) is 33.0. The molecule has 0 radical (unpaired) electrons. The third kappa shape index (κ3) is 14.1. The van der Waals surface area contributed by atoms with E-state index in [0.717, 1.165) is 0 Å². The Morgan fingerprint density at radius 1 is 0.671 bits per heavy atom. The number of nitrogens with zero attached hydrogens (tertiary/aromatic N) is 8. The van der Waals surface area contributed by atoms with Crippen molar-refractivity contribution in [2.75, 3.05) is 34.4 Å². The van der Waals surface area contributed by atoms with E-state index in [1.165, 1.54) is 52.2 Å². The number of alkyl halides is 6. The molecular weight excluding hydrogens is 927 g/mol. The van der Waals surface area contributed by atoms with Gasteiger partial charge in [-0.15, -0.1) is 0 Å². The Kier molecular flexibility index (Phi) is 16.4. The highest BCUT2D eigenvalue weighted by atomic mass is 19.3. The third-order valence-electron chi connectivity index (χ3n) is 11.3. The maximum absolute atomic E-state index is 14.1. The lowest BCUT2D eigenvalue weighted by molar-refractivity contribution is -0.00209. The van der Waals surface area contributed by atoms with E-state index in [4.69, 9.17) is 0 Å². The van der Waals surface area contributed by atoms with Crippen LogP contribution in [0.2, 0.25) is 0 Å². The Labute approximate surface area is 399 Å². The first kappa shape index (κ1) is 52.5. The van der Waals surface area contributed by atoms with Crippen LogP contribution in [0.4, 0.5) is 61.0 Å². The molecule has 0 saturated heterocycles. The van der Waals surface area contributed by atoms with Gasteiger partial charge in [-0.25, -0.2) is 55.3 Å². The van der Waals surface area contributed by atoms with Crippen LogP contribution in [-0.4, -0.2) is 122 Å². The van der Waals surface area contributed by atoms with Gasteiger partial charge in [-0.3, -0.25) is 9.59 Å². The topological polar surface area (TPSA) is 233 Å². The average molecular weight is 985 g/mol. The van der Waals surface area contributed by atoms with Crippen LogP contribution in [0.15, 0.2) is 73.6 Å².